The van der Waals surface area contributed by atoms with Crippen molar-refractivity contribution < 1.29 is 0 Å². The van der Waals surface area contributed by atoms with Gasteiger partial charge in [0.2, 0.25) is 0 Å². The smallest absolute Gasteiger partial charge is 0.111 e. The van der Waals surface area contributed by atoms with Crippen LogP contribution in [0.3, 0.4) is 0 Å². The van der Waals surface area contributed by atoms with Crippen LogP contribution in [0, 0.1) is 0 Å². The Bertz CT molecular complexity index is 250. The minimum absolute atomic E-state index is 0.574. The van der Waals surface area contributed by atoms with Gasteiger partial charge in [-0.05, 0) is 10.8 Å². The van der Waals surface area contributed by atoms with Crippen LogP contribution in [0.15, 0.2) is 35.6 Å². The SMILES string of the molecule is [N-]=[N+]=NNCc1ccccc1. The zero-order valence-corrected chi connectivity index (χ0v) is 5.94. The molecule has 1 aromatic carbocycles. The molecule has 11 heavy (non-hydrogen) atoms. The summed E-state index contributed by atoms with van der Waals surface area (Å²) in [6, 6.07) is 9.73. The third kappa shape index (κ3) is 2.60. The average Bonchev–Trinajstić information content (AvgIpc) is 2.07. The first-order valence-electron chi connectivity index (χ1n) is 3.24. The summed E-state index contributed by atoms with van der Waals surface area (Å²) in [5.74, 6) is 0. The first-order valence-corrected chi connectivity index (χ1v) is 3.24. The lowest BCUT2D eigenvalue weighted by Gasteiger charge is -1.94. The van der Waals surface area contributed by atoms with E-state index in [-0.39, 0.29) is 0 Å². The molecule has 0 radical (unpaired) electrons. The second kappa shape index (κ2) is 4.19. The normalized spacial score (nSPS) is 8.36. The number of azide groups is 1. The Morgan fingerprint density at radius 3 is 2.73 bits per heavy atom. The predicted molar refractivity (Wildman–Crippen MR) is 42.4 cm³/mol. The Kier molecular flexibility index (Phi) is 2.84. The molecule has 0 atom stereocenters. The third-order valence-corrected chi connectivity index (χ3v) is 1.24. The van der Waals surface area contributed by atoms with Crippen LogP contribution >= 0.6 is 0 Å². The Hall–Kier alpha value is -1.67. The summed E-state index contributed by atoms with van der Waals surface area (Å²) in [5.41, 5.74) is 11.6. The van der Waals surface area contributed by atoms with E-state index in [9.17, 15) is 0 Å². The van der Waals surface area contributed by atoms with Crippen LogP contribution in [0.2, 0.25) is 0 Å². The fourth-order valence-electron chi connectivity index (χ4n) is 0.754. The van der Waals surface area contributed by atoms with E-state index in [0.29, 0.717) is 6.54 Å². The average molecular weight is 148 g/mol. The molecule has 1 aromatic rings. The van der Waals surface area contributed by atoms with Crippen molar-refractivity contribution in [3.05, 3.63) is 46.3 Å². The van der Waals surface area contributed by atoms with Gasteiger partial charge in [0.05, 0.1) is 0 Å². The molecule has 0 fully saturated rings. The van der Waals surface area contributed by atoms with E-state index >= 15 is 0 Å². The lowest BCUT2D eigenvalue weighted by Crippen LogP contribution is -2.02. The molecule has 0 aliphatic heterocycles. The summed E-state index contributed by atoms with van der Waals surface area (Å²) in [6.07, 6.45) is 0. The lowest BCUT2D eigenvalue weighted by molar-refractivity contribution is 0.733. The molecule has 0 unspecified atom stereocenters. The number of nitrogens with one attached hydrogen (secondary N) is 1. The van der Waals surface area contributed by atoms with Gasteiger partial charge in [0.25, 0.3) is 0 Å². The van der Waals surface area contributed by atoms with Crippen molar-refractivity contribution >= 4 is 0 Å². The van der Waals surface area contributed by atoms with Crippen molar-refractivity contribution in [1.82, 2.24) is 5.43 Å². The van der Waals surface area contributed by atoms with Gasteiger partial charge in [0, 0.05) is 0 Å². The molecule has 0 saturated heterocycles. The van der Waals surface area contributed by atoms with Crippen molar-refractivity contribution in [2.45, 2.75) is 6.54 Å². The summed E-state index contributed by atoms with van der Waals surface area (Å²) in [6.45, 7) is 0.574. The Morgan fingerprint density at radius 1 is 1.36 bits per heavy atom. The van der Waals surface area contributed by atoms with Crippen molar-refractivity contribution in [2.24, 2.45) is 5.22 Å². The molecule has 0 aromatic heterocycles. The molecule has 0 spiro atoms. The van der Waals surface area contributed by atoms with Crippen molar-refractivity contribution in [1.29, 1.82) is 0 Å². The number of nitrogens with zero attached hydrogens (tertiary/aromatic N) is 3. The molecule has 56 valence electrons. The second-order valence-corrected chi connectivity index (χ2v) is 2.01. The summed E-state index contributed by atoms with van der Waals surface area (Å²) in [5, 5.41) is 3.20. The highest BCUT2D eigenvalue weighted by atomic mass is 15.4. The number of hydrogen-bond acceptors (Lipinski definition) is 1. The minimum Gasteiger partial charge on any atom is -0.257 e. The van der Waals surface area contributed by atoms with Crippen LogP contribution in [0.5, 0.6) is 0 Å². The molecule has 1 N–H and O–H groups in total. The van der Waals surface area contributed by atoms with E-state index in [1.54, 1.807) is 0 Å². The monoisotopic (exact) mass is 148 g/mol. The standard InChI is InChI=1S/C7H8N4/c8-10-11-9-6-7-4-2-1-3-5-7/h1-5,9H,6H2. The van der Waals surface area contributed by atoms with Crippen LogP contribution in [-0.4, -0.2) is 0 Å². The van der Waals surface area contributed by atoms with Gasteiger partial charge in [-0.3, -0.25) is 5.43 Å². The zero-order valence-electron chi connectivity index (χ0n) is 5.94. The van der Waals surface area contributed by atoms with Gasteiger partial charge >= 0.3 is 0 Å². The maximum Gasteiger partial charge on any atom is 0.111 e. The van der Waals surface area contributed by atoms with Crippen LogP contribution in [0.4, 0.5) is 0 Å². The lowest BCUT2D eigenvalue weighted by atomic mass is 10.2. The zero-order chi connectivity index (χ0) is 7.94. The van der Waals surface area contributed by atoms with Gasteiger partial charge in [-0.15, -0.1) is 5.53 Å². The number of benzene rings is 1. The van der Waals surface area contributed by atoms with E-state index < -0.39 is 0 Å². The van der Waals surface area contributed by atoms with Gasteiger partial charge in [-0.2, -0.15) is 4.91 Å². The van der Waals surface area contributed by atoms with Gasteiger partial charge in [0.15, 0.2) is 0 Å². The molecule has 0 amide bonds. The van der Waals surface area contributed by atoms with Crippen LogP contribution in [0.1, 0.15) is 5.56 Å². The summed E-state index contributed by atoms with van der Waals surface area (Å²) < 4.78 is 0. The van der Waals surface area contributed by atoms with Gasteiger partial charge in [0.1, 0.15) is 6.54 Å². The summed E-state index contributed by atoms with van der Waals surface area (Å²) >= 11 is 0. The molecule has 4 nitrogen and oxygen atoms in total. The molecule has 0 aliphatic rings. The quantitative estimate of drug-likeness (QED) is 0.303. The third-order valence-electron chi connectivity index (χ3n) is 1.24. The first-order chi connectivity index (χ1) is 5.43. The van der Waals surface area contributed by atoms with Crippen molar-refractivity contribution in [3.8, 4) is 0 Å². The number of rotatable bonds is 3. The van der Waals surface area contributed by atoms with Crippen LogP contribution in [-0.2, 0) is 6.54 Å². The molecule has 1 rings (SSSR count). The molecular weight excluding hydrogens is 140 g/mol. The summed E-state index contributed by atoms with van der Waals surface area (Å²) in [7, 11) is 0. The van der Waals surface area contributed by atoms with E-state index in [2.05, 4.69) is 15.6 Å². The molecule has 0 saturated carbocycles. The molecule has 4 heteroatoms. The highest BCUT2D eigenvalue weighted by molar-refractivity contribution is 5.13. The highest BCUT2D eigenvalue weighted by Crippen LogP contribution is 1.96. The number of hydrogen-bond donors (Lipinski definition) is 1. The highest BCUT2D eigenvalue weighted by Gasteiger charge is 1.87. The Labute approximate surface area is 64.5 Å². The van der Waals surface area contributed by atoms with Gasteiger partial charge in [-0.1, -0.05) is 30.3 Å². The molecule has 0 heterocycles. The molecule has 0 bridgehead atoms. The van der Waals surface area contributed by atoms with Crippen LogP contribution in [0.25, 0.3) is 10.4 Å². The van der Waals surface area contributed by atoms with Crippen molar-refractivity contribution in [2.75, 3.05) is 0 Å². The maximum absolute atomic E-state index is 7.94. The maximum atomic E-state index is 7.94. The fraction of sp³-hybridized carbons (Fsp3) is 0.143. The van der Waals surface area contributed by atoms with Crippen molar-refractivity contribution in [3.63, 3.8) is 0 Å². The topological polar surface area (TPSA) is 60.8 Å². The Balaban J connectivity index is 2.45. The molecule has 0 aliphatic carbocycles. The fourth-order valence-corrected chi connectivity index (χ4v) is 0.754. The van der Waals surface area contributed by atoms with E-state index in [4.69, 9.17) is 5.53 Å². The van der Waals surface area contributed by atoms with Gasteiger partial charge < -0.3 is 0 Å². The van der Waals surface area contributed by atoms with Gasteiger partial charge in [-0.25, -0.2) is 0 Å². The largest absolute Gasteiger partial charge is 0.257 e. The van der Waals surface area contributed by atoms with E-state index in [0.717, 1.165) is 5.56 Å². The Morgan fingerprint density at radius 2 is 2.09 bits per heavy atom. The first kappa shape index (κ1) is 7.44. The molecular formula is C7H8N4. The summed E-state index contributed by atoms with van der Waals surface area (Å²) in [4.78, 5) is 2.56. The van der Waals surface area contributed by atoms with E-state index in [1.165, 1.54) is 0 Å². The van der Waals surface area contributed by atoms with E-state index in [1.807, 2.05) is 30.3 Å². The van der Waals surface area contributed by atoms with Crippen LogP contribution < -0.4 is 5.43 Å². The second-order valence-electron chi connectivity index (χ2n) is 2.01. The predicted octanol–water partition coefficient (Wildman–Crippen LogP) is 2.00. The minimum atomic E-state index is 0.574.